The van der Waals surface area contributed by atoms with E-state index in [0.717, 1.165) is 29.0 Å². The van der Waals surface area contributed by atoms with Gasteiger partial charge < -0.3 is 5.32 Å². The highest BCUT2D eigenvalue weighted by molar-refractivity contribution is 7.91. The molecule has 1 N–H and O–H groups in total. The molecule has 0 bridgehead atoms. The number of amides is 1. The largest absolute Gasteiger partial charge is 0.349 e. The summed E-state index contributed by atoms with van der Waals surface area (Å²) in [5.74, 6) is -0.446. The van der Waals surface area contributed by atoms with Crippen LogP contribution in [0.2, 0.25) is 5.02 Å². The fourth-order valence-electron chi connectivity index (χ4n) is 3.05. The normalized spacial score (nSPS) is 27.2. The molecule has 20 heavy (non-hydrogen) atoms. The highest BCUT2D eigenvalue weighted by Gasteiger charge is 2.35. The monoisotopic (exact) mass is 313 g/mol. The van der Waals surface area contributed by atoms with Crippen molar-refractivity contribution >= 4 is 27.3 Å². The Balaban J connectivity index is 1.72. The number of hydrogen-bond acceptors (Lipinski definition) is 3. The number of carbonyl (C=O) groups excluding carboxylic acids is 1. The number of halogens is 1. The first-order valence-electron chi connectivity index (χ1n) is 6.74. The van der Waals surface area contributed by atoms with Crippen LogP contribution in [0, 0.1) is 5.92 Å². The third-order valence-electron chi connectivity index (χ3n) is 4.13. The van der Waals surface area contributed by atoms with Gasteiger partial charge in [0, 0.05) is 5.02 Å². The molecule has 1 fully saturated rings. The molecule has 108 valence electrons. The van der Waals surface area contributed by atoms with Crippen LogP contribution in [-0.2, 0) is 21.1 Å². The van der Waals surface area contributed by atoms with Gasteiger partial charge in [0.25, 0.3) is 0 Å². The number of rotatable bonds is 2. The lowest BCUT2D eigenvalue weighted by molar-refractivity contribution is -0.125. The van der Waals surface area contributed by atoms with E-state index < -0.39 is 15.8 Å². The summed E-state index contributed by atoms with van der Waals surface area (Å²) in [6.07, 6.45) is 2.11. The van der Waals surface area contributed by atoms with Crippen molar-refractivity contribution < 1.29 is 13.2 Å². The second kappa shape index (κ2) is 5.04. The van der Waals surface area contributed by atoms with Crippen molar-refractivity contribution in [2.75, 3.05) is 11.5 Å². The molecule has 6 heteroatoms. The molecule has 2 atom stereocenters. The fraction of sp³-hybridized carbons (Fsp3) is 0.500. The minimum atomic E-state index is -3.02. The van der Waals surface area contributed by atoms with Gasteiger partial charge in [-0.05, 0) is 36.5 Å². The predicted molar refractivity (Wildman–Crippen MR) is 77.4 cm³/mol. The second-order valence-corrected chi connectivity index (χ2v) is 8.14. The lowest BCUT2D eigenvalue weighted by Gasteiger charge is -2.16. The van der Waals surface area contributed by atoms with Crippen LogP contribution in [0.25, 0.3) is 0 Å². The molecule has 0 radical (unpaired) electrons. The number of nitrogens with one attached hydrogen (secondary N) is 1. The van der Waals surface area contributed by atoms with Crippen LogP contribution in [0.1, 0.15) is 30.0 Å². The lowest BCUT2D eigenvalue weighted by atomic mass is 10.1. The summed E-state index contributed by atoms with van der Waals surface area (Å²) < 4.78 is 22.9. The van der Waals surface area contributed by atoms with Crippen molar-refractivity contribution in [1.82, 2.24) is 5.32 Å². The van der Waals surface area contributed by atoms with Gasteiger partial charge in [-0.1, -0.05) is 23.7 Å². The highest BCUT2D eigenvalue weighted by Crippen LogP contribution is 2.35. The molecule has 4 nitrogen and oxygen atoms in total. The van der Waals surface area contributed by atoms with Gasteiger partial charge >= 0.3 is 0 Å². The van der Waals surface area contributed by atoms with Crippen molar-refractivity contribution in [1.29, 1.82) is 0 Å². The number of hydrogen-bond donors (Lipinski definition) is 1. The average molecular weight is 314 g/mol. The van der Waals surface area contributed by atoms with Gasteiger partial charge in [0.2, 0.25) is 5.91 Å². The smallest absolute Gasteiger partial charge is 0.224 e. The standard InChI is InChI=1S/C14H16ClNO3S/c15-12-3-1-2-11-10(12)4-5-13(11)16-14(17)9-6-7-20(18,19)8-9/h1-3,9,13H,4-8H2,(H,16,17). The number of sulfone groups is 1. The molecule has 3 rings (SSSR count). The minimum absolute atomic E-state index is 0.0199. The first kappa shape index (κ1) is 13.9. The van der Waals surface area contributed by atoms with Crippen molar-refractivity contribution in [3.05, 3.63) is 34.3 Å². The van der Waals surface area contributed by atoms with Crippen molar-refractivity contribution in [2.24, 2.45) is 5.92 Å². The average Bonchev–Trinajstić information content (AvgIpc) is 2.95. The third kappa shape index (κ3) is 2.56. The first-order valence-corrected chi connectivity index (χ1v) is 8.94. The Morgan fingerprint density at radius 2 is 2.10 bits per heavy atom. The maximum absolute atomic E-state index is 12.2. The Morgan fingerprint density at radius 1 is 1.30 bits per heavy atom. The van der Waals surface area contributed by atoms with E-state index in [1.165, 1.54) is 0 Å². The van der Waals surface area contributed by atoms with Gasteiger partial charge in [-0.2, -0.15) is 0 Å². The molecule has 1 heterocycles. The van der Waals surface area contributed by atoms with Crippen molar-refractivity contribution in [3.63, 3.8) is 0 Å². The molecule has 1 aromatic carbocycles. The SMILES string of the molecule is O=C(NC1CCc2c(Cl)cccc21)C1CCS(=O)(=O)C1. The van der Waals surface area contributed by atoms with E-state index in [1.807, 2.05) is 18.2 Å². The molecule has 1 aliphatic carbocycles. The molecular weight excluding hydrogens is 298 g/mol. The quantitative estimate of drug-likeness (QED) is 0.906. The molecule has 1 amide bonds. The Kier molecular flexibility index (Phi) is 3.50. The summed E-state index contributed by atoms with van der Waals surface area (Å²) >= 11 is 6.14. The predicted octanol–water partition coefficient (Wildman–Crippen LogP) is 1.88. The zero-order valence-electron chi connectivity index (χ0n) is 10.9. The molecule has 0 saturated carbocycles. The van der Waals surface area contributed by atoms with Gasteiger partial charge in [-0.3, -0.25) is 4.79 Å². The van der Waals surface area contributed by atoms with Crippen molar-refractivity contribution in [2.45, 2.75) is 25.3 Å². The topological polar surface area (TPSA) is 63.2 Å². The maximum Gasteiger partial charge on any atom is 0.224 e. The molecule has 0 spiro atoms. The molecule has 2 aliphatic rings. The van der Waals surface area contributed by atoms with E-state index in [2.05, 4.69) is 5.32 Å². The van der Waals surface area contributed by atoms with E-state index in [1.54, 1.807) is 0 Å². The maximum atomic E-state index is 12.2. The Morgan fingerprint density at radius 3 is 2.80 bits per heavy atom. The Labute approximate surface area is 123 Å². The molecule has 2 unspecified atom stereocenters. The summed E-state index contributed by atoms with van der Waals surface area (Å²) in [6, 6.07) is 5.67. The van der Waals surface area contributed by atoms with E-state index in [9.17, 15) is 13.2 Å². The van der Waals surface area contributed by atoms with Crippen LogP contribution in [0.5, 0.6) is 0 Å². The van der Waals surface area contributed by atoms with Gasteiger partial charge in [-0.15, -0.1) is 0 Å². The third-order valence-corrected chi connectivity index (χ3v) is 6.26. The van der Waals surface area contributed by atoms with E-state index in [4.69, 9.17) is 11.6 Å². The van der Waals surface area contributed by atoms with Crippen LogP contribution >= 0.6 is 11.6 Å². The van der Waals surface area contributed by atoms with Crippen LogP contribution in [0.3, 0.4) is 0 Å². The number of benzene rings is 1. The Bertz CT molecular complexity index is 656. The second-order valence-electron chi connectivity index (χ2n) is 5.51. The number of fused-ring (bicyclic) bond motifs is 1. The lowest BCUT2D eigenvalue weighted by Crippen LogP contribution is -2.33. The molecule has 1 aromatic rings. The zero-order valence-corrected chi connectivity index (χ0v) is 12.5. The zero-order chi connectivity index (χ0) is 14.3. The molecule has 1 aliphatic heterocycles. The van der Waals surface area contributed by atoms with E-state index >= 15 is 0 Å². The summed E-state index contributed by atoms with van der Waals surface area (Å²) in [5.41, 5.74) is 2.16. The van der Waals surface area contributed by atoms with Crippen LogP contribution < -0.4 is 5.32 Å². The first-order chi connectivity index (χ1) is 9.46. The molecular formula is C14H16ClNO3S. The van der Waals surface area contributed by atoms with Gasteiger partial charge in [0.15, 0.2) is 9.84 Å². The summed E-state index contributed by atoms with van der Waals surface area (Å²) in [4.78, 5) is 12.2. The van der Waals surface area contributed by atoms with Gasteiger partial charge in [-0.25, -0.2) is 8.42 Å². The Hall–Kier alpha value is -1.07. The molecule has 0 aromatic heterocycles. The van der Waals surface area contributed by atoms with Crippen molar-refractivity contribution in [3.8, 4) is 0 Å². The summed E-state index contributed by atoms with van der Waals surface area (Å²) in [7, 11) is -3.02. The fourth-order valence-corrected chi connectivity index (χ4v) is 5.07. The van der Waals surface area contributed by atoms with Crippen LogP contribution in [-0.4, -0.2) is 25.8 Å². The number of carbonyl (C=O) groups is 1. The summed E-state index contributed by atoms with van der Waals surface area (Å²) in [6.45, 7) is 0. The van der Waals surface area contributed by atoms with E-state index in [-0.39, 0.29) is 23.5 Å². The minimum Gasteiger partial charge on any atom is -0.349 e. The summed E-state index contributed by atoms with van der Waals surface area (Å²) in [5, 5.41) is 3.72. The highest BCUT2D eigenvalue weighted by atomic mass is 35.5. The van der Waals surface area contributed by atoms with Crippen LogP contribution in [0.15, 0.2) is 18.2 Å². The molecule has 1 saturated heterocycles. The van der Waals surface area contributed by atoms with E-state index in [0.29, 0.717) is 6.42 Å². The van der Waals surface area contributed by atoms with Crippen LogP contribution in [0.4, 0.5) is 0 Å². The van der Waals surface area contributed by atoms with Gasteiger partial charge in [0.05, 0.1) is 23.5 Å². The van der Waals surface area contributed by atoms with Gasteiger partial charge in [0.1, 0.15) is 0 Å².